The zero-order valence-electron chi connectivity index (χ0n) is 28.2. The Balaban J connectivity index is 1.15. The van der Waals surface area contributed by atoms with E-state index in [9.17, 15) is 0 Å². The molecule has 1 aliphatic heterocycles. The second-order valence-electron chi connectivity index (χ2n) is 15.6. The zero-order chi connectivity index (χ0) is 31.9. The Labute approximate surface area is 281 Å². The van der Waals surface area contributed by atoms with Crippen molar-refractivity contribution in [3.05, 3.63) is 108 Å². The van der Waals surface area contributed by atoms with E-state index in [0.29, 0.717) is 56.7 Å². The molecule has 47 heavy (non-hydrogen) atoms. The van der Waals surface area contributed by atoms with Crippen molar-refractivity contribution >= 4 is 0 Å². The number of hydrogen-bond acceptors (Lipinski definition) is 5. The van der Waals surface area contributed by atoms with Gasteiger partial charge in [-0.25, -0.2) is 0 Å². The van der Waals surface area contributed by atoms with Gasteiger partial charge in [0.1, 0.15) is 0 Å². The lowest BCUT2D eigenvalue weighted by Gasteiger charge is -2.65. The van der Waals surface area contributed by atoms with Crippen molar-refractivity contribution in [3.8, 4) is 0 Å². The van der Waals surface area contributed by atoms with Crippen LogP contribution in [0.3, 0.4) is 0 Å². The van der Waals surface area contributed by atoms with Crippen LogP contribution in [0.2, 0.25) is 0 Å². The summed E-state index contributed by atoms with van der Waals surface area (Å²) in [6, 6.07) is 32.0. The molecule has 0 amide bonds. The van der Waals surface area contributed by atoms with Crippen LogP contribution < -0.4 is 0 Å². The molecule has 5 nitrogen and oxygen atoms in total. The van der Waals surface area contributed by atoms with Crippen LogP contribution in [0.25, 0.3) is 0 Å². The first kappa shape index (κ1) is 31.7. The van der Waals surface area contributed by atoms with E-state index in [1.54, 1.807) is 0 Å². The van der Waals surface area contributed by atoms with Gasteiger partial charge in [0.25, 0.3) is 0 Å². The number of fused-ring (bicyclic) bond motifs is 6. The van der Waals surface area contributed by atoms with Crippen molar-refractivity contribution in [2.75, 3.05) is 13.2 Å². The van der Waals surface area contributed by atoms with Gasteiger partial charge in [-0.2, -0.15) is 0 Å². The molecule has 3 aromatic carbocycles. The molecular weight excluding hydrogens is 584 g/mol. The lowest BCUT2D eigenvalue weighted by molar-refractivity contribution is -0.283. The molecule has 5 fully saturated rings. The van der Waals surface area contributed by atoms with E-state index in [1.165, 1.54) is 23.1 Å². The van der Waals surface area contributed by atoms with Gasteiger partial charge in [0, 0.05) is 11.8 Å². The maximum absolute atomic E-state index is 7.25. The second kappa shape index (κ2) is 13.1. The van der Waals surface area contributed by atoms with E-state index in [0.717, 1.165) is 38.5 Å². The number of ether oxygens (including phenoxy) is 5. The highest BCUT2D eigenvalue weighted by Gasteiger charge is 2.70. The van der Waals surface area contributed by atoms with Crippen LogP contribution in [0.4, 0.5) is 0 Å². The summed E-state index contributed by atoms with van der Waals surface area (Å²) in [7, 11) is 0. The molecule has 3 aromatic rings. The first-order valence-electron chi connectivity index (χ1n) is 18.2. The minimum Gasteiger partial charge on any atom is -0.374 e. The smallest absolute Gasteiger partial charge is 0.174 e. The van der Waals surface area contributed by atoms with E-state index in [2.05, 4.69) is 105 Å². The lowest BCUT2D eigenvalue weighted by Crippen LogP contribution is -2.66. The Hall–Kier alpha value is -2.54. The van der Waals surface area contributed by atoms with Gasteiger partial charge in [-0.1, -0.05) is 105 Å². The molecule has 5 aliphatic rings. The molecule has 4 aliphatic carbocycles. The van der Waals surface area contributed by atoms with E-state index in [4.69, 9.17) is 23.7 Å². The van der Waals surface area contributed by atoms with E-state index < -0.39 is 5.79 Å². The predicted molar refractivity (Wildman–Crippen MR) is 182 cm³/mol. The van der Waals surface area contributed by atoms with Gasteiger partial charge in [-0.3, -0.25) is 0 Å². The molecule has 0 bridgehead atoms. The van der Waals surface area contributed by atoms with Crippen molar-refractivity contribution < 1.29 is 23.7 Å². The topological polar surface area (TPSA) is 46.2 Å². The summed E-state index contributed by atoms with van der Waals surface area (Å²) >= 11 is 0. The molecule has 5 heteroatoms. The van der Waals surface area contributed by atoms with Crippen LogP contribution in [0.1, 0.15) is 75.5 Å². The standard InChI is InChI=1S/C42H52O5/c1-40-21-18-33(43-27-30-12-6-3-7-13-30)26-36(40)38(44-28-31-14-8-4-9-15-31)39(45-29-32-16-10-5-11-17-32)37-34(40)19-22-41(2)35(37)20-23-42(41)46-24-25-47-42/h3-17,33-39H,18-29H2,1-2H3/t33-,34?,35?,36?,37?,38-,39?,40-,41+/m1/s1. The molecule has 0 radical (unpaired) electrons. The summed E-state index contributed by atoms with van der Waals surface area (Å²) in [6.45, 7) is 8.34. The van der Waals surface area contributed by atoms with Crippen LogP contribution in [0, 0.1) is 34.5 Å². The highest BCUT2D eigenvalue weighted by Crippen LogP contribution is 2.70. The van der Waals surface area contributed by atoms with Gasteiger partial charge in [0.15, 0.2) is 5.79 Å². The quantitative estimate of drug-likeness (QED) is 0.235. The molecule has 9 atom stereocenters. The third-order valence-corrected chi connectivity index (χ3v) is 13.3. The SMILES string of the molecule is C[C@]12CC[C@@H](OCc3ccccc3)CC1[C@@H](OCc1ccccc1)C(OCc1ccccc1)C1C2CC[C@@]2(C)C1CCC21OCCO1. The first-order chi connectivity index (χ1) is 23.0. The Morgan fingerprint density at radius 1 is 0.574 bits per heavy atom. The van der Waals surface area contributed by atoms with Gasteiger partial charge in [0.2, 0.25) is 0 Å². The average Bonchev–Trinajstić information content (AvgIpc) is 3.72. The Kier molecular flexibility index (Phi) is 8.81. The van der Waals surface area contributed by atoms with Crippen molar-refractivity contribution in [2.45, 2.75) is 103 Å². The van der Waals surface area contributed by atoms with Crippen molar-refractivity contribution in [1.29, 1.82) is 0 Å². The summed E-state index contributed by atoms with van der Waals surface area (Å²) < 4.78 is 34.3. The monoisotopic (exact) mass is 636 g/mol. The first-order valence-corrected chi connectivity index (χ1v) is 18.2. The largest absolute Gasteiger partial charge is 0.374 e. The third kappa shape index (κ3) is 5.70. The number of benzene rings is 3. The molecule has 8 rings (SSSR count). The molecule has 1 spiro atoms. The van der Waals surface area contributed by atoms with Crippen LogP contribution in [-0.4, -0.2) is 37.3 Å². The summed E-state index contributed by atoms with van der Waals surface area (Å²) in [4.78, 5) is 0. The van der Waals surface area contributed by atoms with Gasteiger partial charge in [0.05, 0.1) is 51.3 Å². The van der Waals surface area contributed by atoms with Gasteiger partial charge in [-0.05, 0) is 84.3 Å². The van der Waals surface area contributed by atoms with Crippen molar-refractivity contribution in [3.63, 3.8) is 0 Å². The second-order valence-corrected chi connectivity index (χ2v) is 15.6. The molecule has 250 valence electrons. The Morgan fingerprint density at radius 2 is 1.11 bits per heavy atom. The molecule has 1 saturated heterocycles. The normalized spacial score (nSPS) is 37.3. The molecule has 4 saturated carbocycles. The fourth-order valence-corrected chi connectivity index (χ4v) is 10.9. The van der Waals surface area contributed by atoms with Gasteiger partial charge in [-0.15, -0.1) is 0 Å². The minimum atomic E-state index is -0.451. The van der Waals surface area contributed by atoms with Crippen LogP contribution in [0.5, 0.6) is 0 Å². The molecule has 0 N–H and O–H groups in total. The summed E-state index contributed by atoms with van der Waals surface area (Å²) in [5.74, 6) is 1.31. The Morgan fingerprint density at radius 3 is 1.70 bits per heavy atom. The fourth-order valence-electron chi connectivity index (χ4n) is 10.9. The third-order valence-electron chi connectivity index (χ3n) is 13.3. The highest BCUT2D eigenvalue weighted by molar-refractivity contribution is 5.19. The van der Waals surface area contributed by atoms with Crippen LogP contribution >= 0.6 is 0 Å². The molecular formula is C42H52O5. The van der Waals surface area contributed by atoms with Gasteiger partial charge < -0.3 is 23.7 Å². The molecule has 1 heterocycles. The maximum atomic E-state index is 7.25. The van der Waals surface area contributed by atoms with E-state index in [1.807, 2.05) is 0 Å². The number of rotatable bonds is 9. The van der Waals surface area contributed by atoms with Crippen LogP contribution in [0.15, 0.2) is 91.0 Å². The van der Waals surface area contributed by atoms with Gasteiger partial charge >= 0.3 is 0 Å². The van der Waals surface area contributed by atoms with E-state index >= 15 is 0 Å². The molecule has 0 aromatic heterocycles. The minimum absolute atomic E-state index is 0.0176. The Bertz CT molecular complexity index is 1460. The zero-order valence-corrected chi connectivity index (χ0v) is 28.2. The summed E-state index contributed by atoms with van der Waals surface area (Å²) in [6.07, 6.45) is 7.88. The number of hydrogen-bond donors (Lipinski definition) is 0. The van der Waals surface area contributed by atoms with Crippen LogP contribution in [-0.2, 0) is 43.5 Å². The summed E-state index contributed by atoms with van der Waals surface area (Å²) in [5, 5.41) is 0. The summed E-state index contributed by atoms with van der Waals surface area (Å²) in [5.41, 5.74) is 3.80. The molecule has 5 unspecified atom stereocenters. The highest BCUT2D eigenvalue weighted by atomic mass is 16.7. The fraction of sp³-hybridized carbons (Fsp3) is 0.571. The van der Waals surface area contributed by atoms with Crippen molar-refractivity contribution in [1.82, 2.24) is 0 Å². The van der Waals surface area contributed by atoms with E-state index in [-0.39, 0.29) is 29.1 Å². The van der Waals surface area contributed by atoms with Crippen molar-refractivity contribution in [2.24, 2.45) is 34.5 Å². The predicted octanol–water partition coefficient (Wildman–Crippen LogP) is 8.75. The average molecular weight is 637 g/mol. The lowest BCUT2D eigenvalue weighted by atomic mass is 9.43. The maximum Gasteiger partial charge on any atom is 0.174 e.